The topological polar surface area (TPSA) is 52.3 Å². The third-order valence-electron chi connectivity index (χ3n) is 2.52. The number of esters is 1. The van der Waals surface area contributed by atoms with E-state index in [2.05, 4.69) is 4.74 Å². The first-order valence-electron chi connectivity index (χ1n) is 4.70. The molecule has 3 nitrogen and oxygen atoms in total. The largest absolute Gasteiger partial charge is 0.490 e. The van der Waals surface area contributed by atoms with Crippen molar-refractivity contribution in [3.63, 3.8) is 0 Å². The molecule has 0 aliphatic heterocycles. The van der Waals surface area contributed by atoms with E-state index in [4.69, 9.17) is 5.73 Å². The zero-order valence-corrected chi connectivity index (χ0v) is 8.60. The van der Waals surface area contributed by atoms with Crippen molar-refractivity contribution >= 4 is 5.97 Å². The van der Waals surface area contributed by atoms with Gasteiger partial charge in [0, 0.05) is 6.04 Å². The van der Waals surface area contributed by atoms with E-state index in [-0.39, 0.29) is 5.92 Å². The molecule has 2 N–H and O–H groups in total. The van der Waals surface area contributed by atoms with Crippen molar-refractivity contribution in [1.82, 2.24) is 0 Å². The second kappa shape index (κ2) is 3.66. The monoisotopic (exact) mass is 225 g/mol. The SMILES string of the molecule is CC(C)(OC(=O)C(F)(F)F)C(N)C1CC1. The van der Waals surface area contributed by atoms with Gasteiger partial charge < -0.3 is 10.5 Å². The normalized spacial score (nSPS) is 19.9. The molecule has 1 fully saturated rings. The third kappa shape index (κ3) is 3.09. The first-order chi connectivity index (χ1) is 6.64. The lowest BCUT2D eigenvalue weighted by molar-refractivity contribution is -0.213. The van der Waals surface area contributed by atoms with Gasteiger partial charge in [-0.1, -0.05) is 0 Å². The number of rotatable bonds is 3. The Kier molecular flexibility index (Phi) is 3.00. The molecule has 6 heteroatoms. The smallest absolute Gasteiger partial charge is 0.451 e. The zero-order valence-electron chi connectivity index (χ0n) is 8.60. The van der Waals surface area contributed by atoms with E-state index in [0.717, 1.165) is 12.8 Å². The van der Waals surface area contributed by atoms with E-state index in [1.165, 1.54) is 13.8 Å². The first-order valence-corrected chi connectivity index (χ1v) is 4.70. The van der Waals surface area contributed by atoms with Crippen LogP contribution in [0.2, 0.25) is 0 Å². The minimum absolute atomic E-state index is 0.168. The van der Waals surface area contributed by atoms with Gasteiger partial charge in [-0.25, -0.2) is 4.79 Å². The van der Waals surface area contributed by atoms with Gasteiger partial charge in [0.25, 0.3) is 0 Å². The lowest BCUT2D eigenvalue weighted by atomic mass is 9.95. The molecule has 1 saturated carbocycles. The van der Waals surface area contributed by atoms with E-state index in [1.807, 2.05) is 0 Å². The minimum atomic E-state index is -4.96. The number of ether oxygens (including phenoxy) is 1. The molecule has 88 valence electrons. The lowest BCUT2D eigenvalue weighted by Gasteiger charge is -2.31. The van der Waals surface area contributed by atoms with Gasteiger partial charge in [-0.3, -0.25) is 0 Å². The van der Waals surface area contributed by atoms with Crippen molar-refractivity contribution in [3.05, 3.63) is 0 Å². The van der Waals surface area contributed by atoms with Gasteiger partial charge in [-0.05, 0) is 32.6 Å². The maximum absolute atomic E-state index is 11.9. The fourth-order valence-corrected chi connectivity index (χ4v) is 1.39. The maximum atomic E-state index is 11.9. The van der Waals surface area contributed by atoms with Crippen LogP contribution in [0.1, 0.15) is 26.7 Å². The molecule has 1 atom stereocenters. The lowest BCUT2D eigenvalue weighted by Crippen LogP contribution is -2.49. The predicted octanol–water partition coefficient (Wildman–Crippen LogP) is 1.61. The Morgan fingerprint density at radius 3 is 2.20 bits per heavy atom. The van der Waals surface area contributed by atoms with Gasteiger partial charge in [0.15, 0.2) is 0 Å². The summed E-state index contributed by atoms with van der Waals surface area (Å²) in [5, 5.41) is 0. The fourth-order valence-electron chi connectivity index (χ4n) is 1.39. The Hall–Kier alpha value is -0.780. The summed E-state index contributed by atoms with van der Waals surface area (Å²) < 4.78 is 40.2. The number of hydrogen-bond acceptors (Lipinski definition) is 3. The van der Waals surface area contributed by atoms with Crippen molar-refractivity contribution in [2.45, 2.75) is 44.5 Å². The van der Waals surface area contributed by atoms with Crippen LogP contribution in [0.25, 0.3) is 0 Å². The second-order valence-corrected chi connectivity index (χ2v) is 4.35. The number of hydrogen-bond donors (Lipinski definition) is 1. The Bertz CT molecular complexity index is 259. The van der Waals surface area contributed by atoms with Crippen molar-refractivity contribution < 1.29 is 22.7 Å². The number of nitrogens with two attached hydrogens (primary N) is 1. The van der Waals surface area contributed by atoms with Crippen LogP contribution in [0.3, 0.4) is 0 Å². The average molecular weight is 225 g/mol. The summed E-state index contributed by atoms with van der Waals surface area (Å²) in [6, 6.07) is -0.538. The molecule has 1 unspecified atom stereocenters. The van der Waals surface area contributed by atoms with E-state index in [0.29, 0.717) is 0 Å². The highest BCUT2D eigenvalue weighted by atomic mass is 19.4. The van der Waals surface area contributed by atoms with Gasteiger partial charge in [0.2, 0.25) is 0 Å². The van der Waals surface area contributed by atoms with Crippen LogP contribution < -0.4 is 5.73 Å². The molecular weight excluding hydrogens is 211 g/mol. The summed E-state index contributed by atoms with van der Waals surface area (Å²) in [6.45, 7) is 2.80. The molecule has 0 aromatic rings. The molecule has 0 spiro atoms. The third-order valence-corrected chi connectivity index (χ3v) is 2.52. The van der Waals surface area contributed by atoms with Crippen LogP contribution in [0.4, 0.5) is 13.2 Å². The highest BCUT2D eigenvalue weighted by Gasteiger charge is 2.47. The Balaban J connectivity index is 2.58. The summed E-state index contributed by atoms with van der Waals surface area (Å²) >= 11 is 0. The van der Waals surface area contributed by atoms with Crippen LogP contribution in [-0.2, 0) is 9.53 Å². The summed E-state index contributed by atoms with van der Waals surface area (Å²) in [6.07, 6.45) is -3.19. The molecule has 1 rings (SSSR count). The summed E-state index contributed by atoms with van der Waals surface area (Å²) in [7, 11) is 0. The van der Waals surface area contributed by atoms with Crippen LogP contribution in [0, 0.1) is 5.92 Å². The number of carbonyl (C=O) groups is 1. The summed E-state index contributed by atoms with van der Waals surface area (Å²) in [5.41, 5.74) is 4.43. The fraction of sp³-hybridized carbons (Fsp3) is 0.889. The molecular formula is C9H14F3NO2. The van der Waals surface area contributed by atoms with Gasteiger partial charge >= 0.3 is 12.1 Å². The van der Waals surface area contributed by atoms with Gasteiger partial charge in [-0.2, -0.15) is 13.2 Å². The molecule has 1 aliphatic carbocycles. The van der Waals surface area contributed by atoms with Crippen LogP contribution in [0.15, 0.2) is 0 Å². The second-order valence-electron chi connectivity index (χ2n) is 4.35. The first kappa shape index (κ1) is 12.3. The molecule has 0 aromatic carbocycles. The molecule has 0 aromatic heterocycles. The molecule has 0 radical (unpaired) electrons. The van der Waals surface area contributed by atoms with Gasteiger partial charge in [0.05, 0.1) is 0 Å². The number of alkyl halides is 3. The highest BCUT2D eigenvalue weighted by molar-refractivity contribution is 5.76. The number of carbonyl (C=O) groups excluding carboxylic acids is 1. The molecule has 0 amide bonds. The molecule has 0 heterocycles. The van der Waals surface area contributed by atoms with E-state index >= 15 is 0 Å². The molecule has 0 saturated heterocycles. The van der Waals surface area contributed by atoms with E-state index in [9.17, 15) is 18.0 Å². The highest BCUT2D eigenvalue weighted by Crippen LogP contribution is 2.37. The van der Waals surface area contributed by atoms with Crippen LogP contribution in [0.5, 0.6) is 0 Å². The van der Waals surface area contributed by atoms with Crippen LogP contribution in [-0.4, -0.2) is 23.8 Å². The average Bonchev–Trinajstić information content (AvgIpc) is 2.82. The van der Waals surface area contributed by atoms with E-state index < -0.39 is 23.8 Å². The Morgan fingerprint density at radius 2 is 1.87 bits per heavy atom. The molecule has 0 bridgehead atoms. The standard InChI is InChI=1S/C9H14F3NO2/c1-8(2,6(13)5-3-4-5)15-7(14)9(10,11)12/h5-6H,3-4,13H2,1-2H3. The summed E-state index contributed by atoms with van der Waals surface area (Å²) in [5.74, 6) is -2.01. The Labute approximate surface area is 85.8 Å². The van der Waals surface area contributed by atoms with Crippen molar-refractivity contribution in [2.24, 2.45) is 11.7 Å². The molecule has 1 aliphatic rings. The van der Waals surface area contributed by atoms with Crippen molar-refractivity contribution in [1.29, 1.82) is 0 Å². The Morgan fingerprint density at radius 1 is 1.40 bits per heavy atom. The summed E-state index contributed by atoms with van der Waals surface area (Å²) in [4.78, 5) is 10.6. The maximum Gasteiger partial charge on any atom is 0.490 e. The van der Waals surface area contributed by atoms with Gasteiger partial charge in [0.1, 0.15) is 5.60 Å². The van der Waals surface area contributed by atoms with E-state index in [1.54, 1.807) is 0 Å². The number of halogens is 3. The van der Waals surface area contributed by atoms with Crippen LogP contribution >= 0.6 is 0 Å². The predicted molar refractivity (Wildman–Crippen MR) is 46.9 cm³/mol. The van der Waals surface area contributed by atoms with Crippen molar-refractivity contribution in [3.8, 4) is 0 Å². The quantitative estimate of drug-likeness (QED) is 0.742. The van der Waals surface area contributed by atoms with Gasteiger partial charge in [-0.15, -0.1) is 0 Å². The van der Waals surface area contributed by atoms with Crippen molar-refractivity contribution in [2.75, 3.05) is 0 Å². The minimum Gasteiger partial charge on any atom is -0.451 e. The molecule has 15 heavy (non-hydrogen) atoms. The zero-order chi connectivity index (χ0) is 11.9.